The number of hydrogen-bond donors (Lipinski definition) is 2. The molecule has 1 aliphatic heterocycles. The second kappa shape index (κ2) is 5.01. The first kappa shape index (κ1) is 13.3. The Morgan fingerprint density at radius 1 is 1.14 bits per heavy atom. The fraction of sp³-hybridized carbons (Fsp3) is 0.188. The summed E-state index contributed by atoms with van der Waals surface area (Å²) in [5, 5.41) is 19.1. The number of aromatic hydroxyl groups is 2. The van der Waals surface area contributed by atoms with Crippen molar-refractivity contribution in [3.05, 3.63) is 47.5 Å². The molecule has 0 aliphatic carbocycles. The molecule has 0 fully saturated rings. The van der Waals surface area contributed by atoms with Gasteiger partial charge in [-0.1, -0.05) is 12.1 Å². The maximum absolute atomic E-state index is 11.8. The van der Waals surface area contributed by atoms with Gasteiger partial charge in [0.1, 0.15) is 23.0 Å². The third-order valence-corrected chi connectivity index (χ3v) is 3.55. The van der Waals surface area contributed by atoms with Gasteiger partial charge in [0, 0.05) is 23.6 Å². The molecule has 2 aromatic carbocycles. The van der Waals surface area contributed by atoms with Gasteiger partial charge in [-0.15, -0.1) is 0 Å². The predicted molar refractivity (Wildman–Crippen MR) is 74.9 cm³/mol. The summed E-state index contributed by atoms with van der Waals surface area (Å²) in [6.45, 7) is 0. The second-order valence-corrected chi connectivity index (χ2v) is 4.88. The summed E-state index contributed by atoms with van der Waals surface area (Å²) >= 11 is 0. The molecule has 0 amide bonds. The van der Waals surface area contributed by atoms with E-state index in [1.165, 1.54) is 19.2 Å². The lowest BCUT2D eigenvalue weighted by molar-refractivity contribution is -0.135. The molecular weight excluding hydrogens is 272 g/mol. The minimum atomic E-state index is -0.367. The van der Waals surface area contributed by atoms with Gasteiger partial charge in [-0.25, -0.2) is 0 Å². The van der Waals surface area contributed by atoms with Crippen molar-refractivity contribution in [3.8, 4) is 23.0 Å². The maximum atomic E-state index is 11.8. The monoisotopic (exact) mass is 286 g/mol. The number of hydrogen-bond acceptors (Lipinski definition) is 5. The summed E-state index contributed by atoms with van der Waals surface area (Å²) in [6.07, 6.45) is 0.179. The van der Waals surface area contributed by atoms with E-state index in [-0.39, 0.29) is 29.8 Å². The lowest BCUT2D eigenvalue weighted by Gasteiger charge is -2.26. The first-order chi connectivity index (χ1) is 10.1. The molecule has 0 saturated carbocycles. The summed E-state index contributed by atoms with van der Waals surface area (Å²) in [4.78, 5) is 11.8. The van der Waals surface area contributed by atoms with Crippen LogP contribution in [0.25, 0.3) is 0 Å². The Morgan fingerprint density at radius 3 is 2.52 bits per heavy atom. The van der Waals surface area contributed by atoms with Crippen molar-refractivity contribution in [1.82, 2.24) is 0 Å². The van der Waals surface area contributed by atoms with Crippen molar-refractivity contribution in [1.29, 1.82) is 0 Å². The SMILES string of the molecule is COc1cc(O)cc2c1[C@H](c1ccc(O)cc1)CC(=O)O2. The summed E-state index contributed by atoms with van der Waals surface area (Å²) in [6, 6.07) is 9.56. The fourth-order valence-electron chi connectivity index (χ4n) is 2.61. The third kappa shape index (κ3) is 2.38. The van der Waals surface area contributed by atoms with E-state index in [1.54, 1.807) is 24.3 Å². The van der Waals surface area contributed by atoms with Crippen molar-refractivity contribution >= 4 is 5.97 Å². The Kier molecular flexibility index (Phi) is 3.17. The molecule has 5 heteroatoms. The van der Waals surface area contributed by atoms with Crippen LogP contribution in [-0.4, -0.2) is 23.3 Å². The molecule has 21 heavy (non-hydrogen) atoms. The lowest BCUT2D eigenvalue weighted by atomic mass is 9.85. The highest BCUT2D eigenvalue weighted by atomic mass is 16.5. The van der Waals surface area contributed by atoms with Crippen LogP contribution in [0.1, 0.15) is 23.5 Å². The van der Waals surface area contributed by atoms with E-state index in [0.29, 0.717) is 11.5 Å². The summed E-state index contributed by atoms with van der Waals surface area (Å²) in [5.41, 5.74) is 1.59. The molecule has 0 aromatic heterocycles. The highest BCUT2D eigenvalue weighted by Gasteiger charge is 2.32. The summed E-state index contributed by atoms with van der Waals surface area (Å²) in [5.74, 6) is 0.308. The van der Waals surface area contributed by atoms with Crippen molar-refractivity contribution in [3.63, 3.8) is 0 Å². The average Bonchev–Trinajstić information content (AvgIpc) is 2.45. The van der Waals surface area contributed by atoms with E-state index in [2.05, 4.69) is 0 Å². The zero-order chi connectivity index (χ0) is 15.0. The molecule has 2 aromatic rings. The topological polar surface area (TPSA) is 76.0 Å². The van der Waals surface area contributed by atoms with Crippen LogP contribution >= 0.6 is 0 Å². The molecule has 1 aliphatic rings. The van der Waals surface area contributed by atoms with Crippen molar-refractivity contribution < 1.29 is 24.5 Å². The van der Waals surface area contributed by atoms with Gasteiger partial charge in [-0.05, 0) is 17.7 Å². The predicted octanol–water partition coefficient (Wildman–Crippen LogP) is 2.55. The maximum Gasteiger partial charge on any atom is 0.312 e. The van der Waals surface area contributed by atoms with E-state index < -0.39 is 0 Å². The first-order valence-corrected chi connectivity index (χ1v) is 6.49. The lowest BCUT2D eigenvalue weighted by Crippen LogP contribution is -2.21. The van der Waals surface area contributed by atoms with Crippen LogP contribution in [0, 0.1) is 0 Å². The van der Waals surface area contributed by atoms with Crippen LogP contribution in [0.5, 0.6) is 23.0 Å². The van der Waals surface area contributed by atoms with Gasteiger partial charge in [0.15, 0.2) is 0 Å². The Hall–Kier alpha value is -2.69. The van der Waals surface area contributed by atoms with E-state index >= 15 is 0 Å². The van der Waals surface area contributed by atoms with Gasteiger partial charge in [-0.2, -0.15) is 0 Å². The van der Waals surface area contributed by atoms with Crippen LogP contribution in [0.3, 0.4) is 0 Å². The number of rotatable bonds is 2. The number of esters is 1. The number of methoxy groups -OCH3 is 1. The van der Waals surface area contributed by atoms with E-state index in [9.17, 15) is 15.0 Å². The Morgan fingerprint density at radius 2 is 1.86 bits per heavy atom. The Labute approximate surface area is 121 Å². The molecule has 0 unspecified atom stereocenters. The van der Waals surface area contributed by atoms with E-state index in [1.807, 2.05) is 0 Å². The van der Waals surface area contributed by atoms with Crippen LogP contribution in [-0.2, 0) is 4.79 Å². The van der Waals surface area contributed by atoms with Gasteiger partial charge >= 0.3 is 5.97 Å². The fourth-order valence-corrected chi connectivity index (χ4v) is 2.61. The average molecular weight is 286 g/mol. The number of carbonyl (C=O) groups excluding carboxylic acids is 1. The van der Waals surface area contributed by atoms with E-state index in [0.717, 1.165) is 11.1 Å². The van der Waals surface area contributed by atoms with E-state index in [4.69, 9.17) is 9.47 Å². The minimum Gasteiger partial charge on any atom is -0.508 e. The molecule has 0 saturated heterocycles. The number of ether oxygens (including phenoxy) is 2. The number of phenolic OH excluding ortho intramolecular Hbond substituents is 2. The van der Waals surface area contributed by atoms with Gasteiger partial charge in [0.05, 0.1) is 13.5 Å². The Balaban J connectivity index is 2.16. The molecule has 0 spiro atoms. The normalized spacial score (nSPS) is 17.0. The van der Waals surface area contributed by atoms with Gasteiger partial charge in [0.25, 0.3) is 0 Å². The van der Waals surface area contributed by atoms with Crippen molar-refractivity contribution in [2.45, 2.75) is 12.3 Å². The Bertz CT molecular complexity index is 691. The number of phenols is 2. The number of fused-ring (bicyclic) bond motifs is 1. The van der Waals surface area contributed by atoms with Crippen molar-refractivity contribution in [2.75, 3.05) is 7.11 Å². The largest absolute Gasteiger partial charge is 0.508 e. The zero-order valence-electron chi connectivity index (χ0n) is 11.4. The first-order valence-electron chi connectivity index (χ1n) is 6.49. The number of benzene rings is 2. The van der Waals surface area contributed by atoms with Gasteiger partial charge < -0.3 is 19.7 Å². The summed E-state index contributed by atoms with van der Waals surface area (Å²) < 4.78 is 10.5. The van der Waals surface area contributed by atoms with Gasteiger partial charge in [0.2, 0.25) is 0 Å². The molecule has 0 radical (unpaired) electrons. The number of carbonyl (C=O) groups is 1. The van der Waals surface area contributed by atoms with Crippen LogP contribution in [0.2, 0.25) is 0 Å². The van der Waals surface area contributed by atoms with Crippen LogP contribution in [0.4, 0.5) is 0 Å². The molecule has 108 valence electrons. The standard InChI is InChI=1S/C16H14O5/c1-20-13-6-11(18)7-14-16(13)12(8-15(19)21-14)9-2-4-10(17)5-3-9/h2-7,12,17-18H,8H2,1H3/t12-/m0/s1. The second-order valence-electron chi connectivity index (χ2n) is 4.88. The van der Waals surface area contributed by atoms with Crippen molar-refractivity contribution in [2.24, 2.45) is 0 Å². The molecular formula is C16H14O5. The highest BCUT2D eigenvalue weighted by molar-refractivity contribution is 5.79. The molecule has 0 bridgehead atoms. The molecule has 1 atom stereocenters. The van der Waals surface area contributed by atoms with Gasteiger partial charge in [-0.3, -0.25) is 4.79 Å². The highest BCUT2D eigenvalue weighted by Crippen LogP contribution is 2.46. The van der Waals surface area contributed by atoms with Crippen LogP contribution < -0.4 is 9.47 Å². The molecule has 5 nitrogen and oxygen atoms in total. The summed E-state index contributed by atoms with van der Waals surface area (Å²) in [7, 11) is 1.50. The third-order valence-electron chi connectivity index (χ3n) is 3.55. The molecule has 1 heterocycles. The molecule has 2 N–H and O–H groups in total. The molecule has 3 rings (SSSR count). The smallest absolute Gasteiger partial charge is 0.312 e. The quantitative estimate of drug-likeness (QED) is 0.655. The minimum absolute atomic E-state index is 0.0234. The zero-order valence-corrected chi connectivity index (χ0v) is 11.4. The van der Waals surface area contributed by atoms with Crippen LogP contribution in [0.15, 0.2) is 36.4 Å².